The van der Waals surface area contributed by atoms with Crippen molar-refractivity contribution in [3.8, 4) is 0 Å². The van der Waals surface area contributed by atoms with Crippen LogP contribution in [0.3, 0.4) is 0 Å². The van der Waals surface area contributed by atoms with E-state index in [1.165, 1.54) is 0 Å². The smallest absolute Gasteiger partial charge is 0.252 e. The van der Waals surface area contributed by atoms with Crippen molar-refractivity contribution in [3.05, 3.63) is 41.6 Å². The topological polar surface area (TPSA) is 54.5 Å². The molecule has 146 valence electrons. The van der Waals surface area contributed by atoms with Crippen LogP contribution in [0.2, 0.25) is 0 Å². The number of aromatic nitrogens is 1. The van der Waals surface area contributed by atoms with Crippen molar-refractivity contribution < 1.29 is 9.53 Å². The summed E-state index contributed by atoms with van der Waals surface area (Å²) in [6.07, 6.45) is 2.23. The molecule has 1 fully saturated rings. The van der Waals surface area contributed by atoms with Crippen molar-refractivity contribution in [1.82, 2.24) is 15.2 Å². The number of amides is 1. The summed E-state index contributed by atoms with van der Waals surface area (Å²) < 4.78 is 5.52. The highest BCUT2D eigenvalue weighted by molar-refractivity contribution is 6.06. The van der Waals surface area contributed by atoms with E-state index in [0.29, 0.717) is 24.1 Å². The van der Waals surface area contributed by atoms with Crippen LogP contribution in [0.25, 0.3) is 10.9 Å². The van der Waals surface area contributed by atoms with Crippen molar-refractivity contribution in [1.29, 1.82) is 0 Å². The number of morpholine rings is 1. The lowest BCUT2D eigenvalue weighted by Gasteiger charge is -2.38. The van der Waals surface area contributed by atoms with Crippen molar-refractivity contribution in [2.45, 2.75) is 39.7 Å². The third-order valence-electron chi connectivity index (χ3n) is 5.67. The normalized spacial score (nSPS) is 16.6. The molecule has 5 nitrogen and oxygen atoms in total. The zero-order chi connectivity index (χ0) is 19.2. The highest BCUT2D eigenvalue weighted by atomic mass is 16.5. The molecule has 0 bridgehead atoms. The third-order valence-corrected chi connectivity index (χ3v) is 5.67. The summed E-state index contributed by atoms with van der Waals surface area (Å²) in [7, 11) is 0. The van der Waals surface area contributed by atoms with Crippen LogP contribution in [0, 0.1) is 12.8 Å². The maximum atomic E-state index is 13.0. The standard InChI is InChI=1S/C22H31N3O2/c1-4-17(5-2)21(25-10-12-27-13-11-25)15-23-22(26)19-14-16(3)24-20-9-7-6-8-18(19)20/h6-9,14,17,21H,4-5,10-13,15H2,1-3H3,(H,23,26). The van der Waals surface area contributed by atoms with Crippen LogP contribution in [0.4, 0.5) is 0 Å². The lowest BCUT2D eigenvalue weighted by atomic mass is 9.92. The first-order valence-corrected chi connectivity index (χ1v) is 10.1. The number of carbonyl (C=O) groups is 1. The molecule has 1 N–H and O–H groups in total. The monoisotopic (exact) mass is 369 g/mol. The van der Waals surface area contributed by atoms with Crippen molar-refractivity contribution in [2.75, 3.05) is 32.8 Å². The van der Waals surface area contributed by atoms with E-state index >= 15 is 0 Å². The molecule has 27 heavy (non-hydrogen) atoms. The lowest BCUT2D eigenvalue weighted by Crippen LogP contribution is -2.52. The second kappa shape index (κ2) is 9.29. The molecule has 1 aliphatic heterocycles. The number of para-hydroxylation sites is 1. The molecule has 0 radical (unpaired) electrons. The molecule has 5 heteroatoms. The fraction of sp³-hybridized carbons (Fsp3) is 0.545. The minimum Gasteiger partial charge on any atom is -0.379 e. The Morgan fingerprint density at radius 1 is 1.22 bits per heavy atom. The molecule has 0 saturated carbocycles. The zero-order valence-corrected chi connectivity index (χ0v) is 16.7. The molecule has 1 aliphatic rings. The molecule has 0 aliphatic carbocycles. The molecule has 1 aromatic carbocycles. The van der Waals surface area contributed by atoms with Gasteiger partial charge in [-0.15, -0.1) is 0 Å². The second-order valence-corrected chi connectivity index (χ2v) is 7.33. The summed E-state index contributed by atoms with van der Waals surface area (Å²) in [5.41, 5.74) is 2.44. The summed E-state index contributed by atoms with van der Waals surface area (Å²) in [5, 5.41) is 4.12. The van der Waals surface area contributed by atoms with Crippen LogP contribution in [0.1, 0.15) is 42.7 Å². The van der Waals surface area contributed by atoms with E-state index in [2.05, 4.69) is 29.0 Å². The quantitative estimate of drug-likeness (QED) is 0.813. The van der Waals surface area contributed by atoms with Crippen LogP contribution < -0.4 is 5.32 Å². The van der Waals surface area contributed by atoms with E-state index in [4.69, 9.17) is 4.74 Å². The fourth-order valence-electron chi connectivity index (χ4n) is 4.12. The van der Waals surface area contributed by atoms with Gasteiger partial charge in [0.05, 0.1) is 24.3 Å². The Morgan fingerprint density at radius 2 is 1.93 bits per heavy atom. The Hall–Kier alpha value is -1.98. The molecule has 3 rings (SSSR count). The number of aryl methyl sites for hydroxylation is 1. The Bertz CT molecular complexity index is 767. The maximum Gasteiger partial charge on any atom is 0.252 e. The summed E-state index contributed by atoms with van der Waals surface area (Å²) in [4.78, 5) is 20.0. The predicted molar refractivity (Wildman–Crippen MR) is 109 cm³/mol. The maximum absolute atomic E-state index is 13.0. The number of carbonyl (C=O) groups excluding carboxylic acids is 1. The zero-order valence-electron chi connectivity index (χ0n) is 16.7. The van der Waals surface area contributed by atoms with E-state index in [-0.39, 0.29) is 5.91 Å². The Labute approximate surface area is 162 Å². The highest BCUT2D eigenvalue weighted by Gasteiger charge is 2.27. The van der Waals surface area contributed by atoms with Gasteiger partial charge in [-0.05, 0) is 25.0 Å². The number of hydrogen-bond acceptors (Lipinski definition) is 4. The second-order valence-electron chi connectivity index (χ2n) is 7.33. The van der Waals surface area contributed by atoms with Crippen LogP contribution in [-0.4, -0.2) is 54.7 Å². The number of nitrogens with zero attached hydrogens (tertiary/aromatic N) is 2. The van der Waals surface area contributed by atoms with Crippen molar-refractivity contribution in [3.63, 3.8) is 0 Å². The van der Waals surface area contributed by atoms with Gasteiger partial charge in [0, 0.05) is 36.8 Å². The van der Waals surface area contributed by atoms with Gasteiger partial charge in [0.1, 0.15) is 0 Å². The SMILES string of the molecule is CCC(CC)C(CNC(=O)c1cc(C)nc2ccccc12)N1CCOCC1. The molecule has 0 spiro atoms. The van der Waals surface area contributed by atoms with Crippen LogP contribution in [0.15, 0.2) is 30.3 Å². The van der Waals surface area contributed by atoms with E-state index < -0.39 is 0 Å². The fourth-order valence-corrected chi connectivity index (χ4v) is 4.12. The Kier molecular flexibility index (Phi) is 6.80. The van der Waals surface area contributed by atoms with Crippen LogP contribution in [0.5, 0.6) is 0 Å². The van der Waals surface area contributed by atoms with Gasteiger partial charge in [0.15, 0.2) is 0 Å². The molecule has 1 aromatic heterocycles. The summed E-state index contributed by atoms with van der Waals surface area (Å²) in [6.45, 7) is 10.5. The molecule has 1 saturated heterocycles. The first-order chi connectivity index (χ1) is 13.1. The summed E-state index contributed by atoms with van der Waals surface area (Å²) in [6, 6.07) is 10.1. The molecule has 2 heterocycles. The minimum atomic E-state index is -0.0130. The number of ether oxygens (including phenoxy) is 1. The van der Waals surface area contributed by atoms with Gasteiger partial charge in [-0.25, -0.2) is 0 Å². The molecular weight excluding hydrogens is 338 g/mol. The Morgan fingerprint density at radius 3 is 2.63 bits per heavy atom. The van der Waals surface area contributed by atoms with Crippen LogP contribution in [-0.2, 0) is 4.74 Å². The van der Waals surface area contributed by atoms with Gasteiger partial charge < -0.3 is 10.1 Å². The van der Waals surface area contributed by atoms with E-state index in [1.54, 1.807) is 0 Å². The van der Waals surface area contributed by atoms with Gasteiger partial charge in [-0.2, -0.15) is 0 Å². The number of benzene rings is 1. The van der Waals surface area contributed by atoms with E-state index in [0.717, 1.165) is 55.7 Å². The van der Waals surface area contributed by atoms with Gasteiger partial charge >= 0.3 is 0 Å². The summed E-state index contributed by atoms with van der Waals surface area (Å²) in [5.74, 6) is 0.556. The van der Waals surface area contributed by atoms with Gasteiger partial charge in [0.25, 0.3) is 5.91 Å². The summed E-state index contributed by atoms with van der Waals surface area (Å²) >= 11 is 0. The van der Waals surface area contributed by atoms with Gasteiger partial charge in [-0.1, -0.05) is 44.9 Å². The van der Waals surface area contributed by atoms with E-state index in [9.17, 15) is 4.79 Å². The first kappa shape index (κ1) is 19.8. The van der Waals surface area contributed by atoms with Crippen molar-refractivity contribution >= 4 is 16.8 Å². The average Bonchev–Trinajstić information content (AvgIpc) is 2.70. The van der Waals surface area contributed by atoms with Gasteiger partial charge in [0.2, 0.25) is 0 Å². The Balaban J connectivity index is 1.77. The average molecular weight is 370 g/mol. The molecule has 1 atom stereocenters. The highest BCUT2D eigenvalue weighted by Crippen LogP contribution is 2.21. The van der Waals surface area contributed by atoms with E-state index in [1.807, 2.05) is 37.3 Å². The molecular formula is C22H31N3O2. The molecule has 2 aromatic rings. The van der Waals surface area contributed by atoms with Gasteiger partial charge in [-0.3, -0.25) is 14.7 Å². The lowest BCUT2D eigenvalue weighted by molar-refractivity contribution is 0.00191. The number of nitrogens with one attached hydrogen (secondary N) is 1. The van der Waals surface area contributed by atoms with Crippen LogP contribution >= 0.6 is 0 Å². The first-order valence-electron chi connectivity index (χ1n) is 10.1. The molecule has 1 amide bonds. The number of hydrogen-bond donors (Lipinski definition) is 1. The predicted octanol–water partition coefficient (Wildman–Crippen LogP) is 3.41. The number of pyridine rings is 1. The number of rotatable bonds is 7. The largest absolute Gasteiger partial charge is 0.379 e. The van der Waals surface area contributed by atoms with Crippen molar-refractivity contribution in [2.24, 2.45) is 5.92 Å². The molecule has 1 unspecified atom stereocenters. The number of fused-ring (bicyclic) bond motifs is 1. The minimum absolute atomic E-state index is 0.0130. The third kappa shape index (κ3) is 4.66.